The molecule has 0 amide bonds. The lowest BCUT2D eigenvalue weighted by molar-refractivity contribution is 0.122. The van der Waals surface area contributed by atoms with Crippen LogP contribution in [0.25, 0.3) is 21.5 Å². The minimum absolute atomic E-state index is 0.388. The Hall–Kier alpha value is -1.97. The van der Waals surface area contributed by atoms with E-state index in [9.17, 15) is 4.79 Å². The van der Waals surface area contributed by atoms with Crippen molar-refractivity contribution in [1.82, 2.24) is 0 Å². The Morgan fingerprint density at radius 1 is 1.00 bits per heavy atom. The highest BCUT2D eigenvalue weighted by Crippen LogP contribution is 2.38. The zero-order valence-electron chi connectivity index (χ0n) is 11.0. The minimum atomic E-state index is -0.788. The van der Waals surface area contributed by atoms with Crippen molar-refractivity contribution in [3.05, 3.63) is 52.5 Å². The summed E-state index contributed by atoms with van der Waals surface area (Å²) in [5.74, 6) is 0.388. The van der Waals surface area contributed by atoms with Crippen LogP contribution in [-0.2, 0) is 4.74 Å². The first-order chi connectivity index (χ1) is 10.1. The number of ether oxygens (including phenoxy) is 2. The first-order valence-corrected chi connectivity index (χ1v) is 6.92. The van der Waals surface area contributed by atoms with Gasteiger partial charge in [-0.2, -0.15) is 0 Å². The molecule has 0 saturated carbocycles. The van der Waals surface area contributed by atoms with Crippen LogP contribution in [0, 0.1) is 0 Å². The number of benzene rings is 3. The molecule has 106 valence electrons. The van der Waals surface area contributed by atoms with Crippen LogP contribution < -0.4 is 4.74 Å². The Bertz CT molecular complexity index is 855. The summed E-state index contributed by atoms with van der Waals surface area (Å²) in [7, 11) is 1.26. The van der Waals surface area contributed by atoms with Crippen molar-refractivity contribution >= 4 is 50.9 Å². The SMILES string of the molecule is COC(=O)Oc1c2cc(Cl)ccc2cc2c(Cl)cccc12. The van der Waals surface area contributed by atoms with E-state index in [1.807, 2.05) is 18.2 Å². The first-order valence-electron chi connectivity index (χ1n) is 6.16. The van der Waals surface area contributed by atoms with E-state index in [4.69, 9.17) is 27.9 Å². The minimum Gasteiger partial charge on any atom is -0.437 e. The molecule has 5 heteroatoms. The van der Waals surface area contributed by atoms with E-state index >= 15 is 0 Å². The molecule has 3 rings (SSSR count). The Morgan fingerprint density at radius 2 is 1.81 bits per heavy atom. The fourth-order valence-corrected chi connectivity index (χ4v) is 2.67. The second-order valence-electron chi connectivity index (χ2n) is 4.46. The van der Waals surface area contributed by atoms with Gasteiger partial charge in [-0.15, -0.1) is 0 Å². The molecule has 0 aliphatic carbocycles. The highest BCUT2D eigenvalue weighted by Gasteiger charge is 2.15. The average Bonchev–Trinajstić information content (AvgIpc) is 2.48. The molecule has 0 fully saturated rings. The summed E-state index contributed by atoms with van der Waals surface area (Å²) >= 11 is 12.3. The van der Waals surface area contributed by atoms with Gasteiger partial charge in [0.2, 0.25) is 0 Å². The third kappa shape index (κ3) is 2.50. The summed E-state index contributed by atoms with van der Waals surface area (Å²) < 4.78 is 9.91. The smallest absolute Gasteiger partial charge is 0.437 e. The van der Waals surface area contributed by atoms with Gasteiger partial charge in [-0.05, 0) is 29.7 Å². The normalized spacial score (nSPS) is 10.8. The maximum Gasteiger partial charge on any atom is 0.513 e. The number of hydrogen-bond acceptors (Lipinski definition) is 3. The van der Waals surface area contributed by atoms with Crippen molar-refractivity contribution < 1.29 is 14.3 Å². The molecule has 3 aromatic rings. The van der Waals surface area contributed by atoms with Gasteiger partial charge < -0.3 is 9.47 Å². The van der Waals surface area contributed by atoms with Crippen molar-refractivity contribution in [2.24, 2.45) is 0 Å². The van der Waals surface area contributed by atoms with Crippen LogP contribution in [0.3, 0.4) is 0 Å². The van der Waals surface area contributed by atoms with Crippen LogP contribution in [0.4, 0.5) is 4.79 Å². The van der Waals surface area contributed by atoms with Crippen molar-refractivity contribution in [2.75, 3.05) is 7.11 Å². The predicted octanol–water partition coefficient (Wildman–Crippen LogP) is 5.45. The molecule has 0 spiro atoms. The maximum absolute atomic E-state index is 11.5. The third-order valence-electron chi connectivity index (χ3n) is 3.21. The molecule has 0 aliphatic rings. The highest BCUT2D eigenvalue weighted by molar-refractivity contribution is 6.36. The number of rotatable bonds is 1. The van der Waals surface area contributed by atoms with Gasteiger partial charge in [0, 0.05) is 26.2 Å². The Labute approximate surface area is 131 Å². The van der Waals surface area contributed by atoms with Gasteiger partial charge in [0.05, 0.1) is 7.11 Å². The van der Waals surface area contributed by atoms with Crippen LogP contribution in [0.2, 0.25) is 10.0 Å². The fourth-order valence-electron chi connectivity index (χ4n) is 2.27. The second-order valence-corrected chi connectivity index (χ2v) is 5.31. The van der Waals surface area contributed by atoms with Crippen molar-refractivity contribution in [3.63, 3.8) is 0 Å². The van der Waals surface area contributed by atoms with Gasteiger partial charge >= 0.3 is 6.16 Å². The van der Waals surface area contributed by atoms with E-state index in [1.54, 1.807) is 24.3 Å². The molecular weight excluding hydrogens is 311 g/mol. The third-order valence-corrected chi connectivity index (χ3v) is 3.77. The summed E-state index contributed by atoms with van der Waals surface area (Å²) in [5.41, 5.74) is 0. The summed E-state index contributed by atoms with van der Waals surface area (Å²) in [6.07, 6.45) is -0.788. The molecule has 0 unspecified atom stereocenters. The molecular formula is C16H10Cl2O3. The summed E-state index contributed by atoms with van der Waals surface area (Å²) in [6, 6.07) is 12.7. The quantitative estimate of drug-likeness (QED) is 0.340. The van der Waals surface area contributed by atoms with Crippen molar-refractivity contribution in [2.45, 2.75) is 0 Å². The van der Waals surface area contributed by atoms with Gasteiger partial charge in [0.1, 0.15) is 5.75 Å². The molecule has 0 radical (unpaired) electrons. The zero-order chi connectivity index (χ0) is 15.0. The standard InChI is InChI=1S/C16H10Cl2O3/c1-20-16(19)21-15-11-3-2-4-14(18)13(11)7-9-5-6-10(17)8-12(9)15/h2-8H,1H3. The van der Waals surface area contributed by atoms with E-state index in [2.05, 4.69) is 4.74 Å². The zero-order valence-corrected chi connectivity index (χ0v) is 12.5. The van der Waals surface area contributed by atoms with Crippen LogP contribution in [-0.4, -0.2) is 13.3 Å². The summed E-state index contributed by atoms with van der Waals surface area (Å²) in [5, 5.41) is 4.26. The molecule has 0 aliphatic heterocycles. The van der Waals surface area contributed by atoms with E-state index in [1.165, 1.54) is 7.11 Å². The summed E-state index contributed by atoms with van der Waals surface area (Å²) in [6.45, 7) is 0. The molecule has 3 aromatic carbocycles. The molecule has 0 heterocycles. The largest absolute Gasteiger partial charge is 0.513 e. The molecule has 0 atom stereocenters. The van der Waals surface area contributed by atoms with Gasteiger partial charge in [-0.1, -0.05) is 41.4 Å². The van der Waals surface area contributed by atoms with Crippen LogP contribution >= 0.6 is 23.2 Å². The topological polar surface area (TPSA) is 35.5 Å². The fraction of sp³-hybridized carbons (Fsp3) is 0.0625. The Kier molecular flexibility index (Phi) is 3.62. The van der Waals surface area contributed by atoms with Crippen molar-refractivity contribution in [3.8, 4) is 5.75 Å². The first kappa shape index (κ1) is 14.0. The molecule has 0 saturated heterocycles. The maximum atomic E-state index is 11.5. The van der Waals surface area contributed by atoms with Gasteiger partial charge in [0.25, 0.3) is 0 Å². The number of hydrogen-bond donors (Lipinski definition) is 0. The number of carbonyl (C=O) groups is 1. The van der Waals surface area contributed by atoms with Gasteiger partial charge in [-0.25, -0.2) is 4.79 Å². The molecule has 3 nitrogen and oxygen atoms in total. The van der Waals surface area contributed by atoms with E-state index in [-0.39, 0.29) is 0 Å². The van der Waals surface area contributed by atoms with Gasteiger partial charge in [-0.3, -0.25) is 0 Å². The van der Waals surface area contributed by atoms with E-state index in [0.717, 1.165) is 21.5 Å². The van der Waals surface area contributed by atoms with Crippen LogP contribution in [0.5, 0.6) is 5.75 Å². The predicted molar refractivity (Wildman–Crippen MR) is 84.5 cm³/mol. The summed E-state index contributed by atoms with van der Waals surface area (Å²) in [4.78, 5) is 11.5. The van der Waals surface area contributed by atoms with E-state index in [0.29, 0.717) is 15.8 Å². The number of halogens is 2. The molecule has 0 bridgehead atoms. The lowest BCUT2D eigenvalue weighted by atomic mass is 10.0. The monoisotopic (exact) mass is 320 g/mol. The van der Waals surface area contributed by atoms with Crippen molar-refractivity contribution in [1.29, 1.82) is 0 Å². The number of fused-ring (bicyclic) bond motifs is 2. The van der Waals surface area contributed by atoms with Crippen LogP contribution in [0.15, 0.2) is 42.5 Å². The Balaban J connectivity index is 2.42. The van der Waals surface area contributed by atoms with Gasteiger partial charge in [0.15, 0.2) is 0 Å². The highest BCUT2D eigenvalue weighted by atomic mass is 35.5. The molecule has 0 aromatic heterocycles. The lowest BCUT2D eigenvalue weighted by Gasteiger charge is -2.12. The molecule has 0 N–H and O–H groups in total. The number of carbonyl (C=O) groups excluding carboxylic acids is 1. The lowest BCUT2D eigenvalue weighted by Crippen LogP contribution is -2.08. The number of methoxy groups -OCH3 is 1. The Morgan fingerprint density at radius 3 is 2.57 bits per heavy atom. The molecule has 21 heavy (non-hydrogen) atoms. The second kappa shape index (κ2) is 5.43. The average molecular weight is 321 g/mol. The van der Waals surface area contributed by atoms with Crippen LogP contribution in [0.1, 0.15) is 0 Å². The van der Waals surface area contributed by atoms with E-state index < -0.39 is 6.16 Å².